The number of fused-ring (bicyclic) bond motifs is 2. The van der Waals surface area contributed by atoms with Gasteiger partial charge in [-0.15, -0.1) is 0 Å². The van der Waals surface area contributed by atoms with Crippen molar-refractivity contribution < 1.29 is 27.9 Å². The number of anilines is 2. The molecule has 0 bridgehead atoms. The zero-order valence-corrected chi connectivity index (χ0v) is 22.3. The van der Waals surface area contributed by atoms with E-state index in [1.807, 2.05) is 38.1 Å². The molecule has 1 aliphatic rings. The number of nitrogens with zero attached hydrogens (tertiary/aromatic N) is 4. The molecule has 0 saturated heterocycles. The number of pyridine rings is 1. The summed E-state index contributed by atoms with van der Waals surface area (Å²) >= 11 is 5.93. The largest absolute Gasteiger partial charge is 0.490 e. The summed E-state index contributed by atoms with van der Waals surface area (Å²) in [5, 5.41) is 11.8. The van der Waals surface area contributed by atoms with Gasteiger partial charge in [-0.2, -0.15) is 13.2 Å². The fourth-order valence-corrected chi connectivity index (χ4v) is 4.39. The van der Waals surface area contributed by atoms with E-state index in [0.717, 1.165) is 59.0 Å². The molecule has 4 aromatic rings. The number of hydrogen-bond donors (Lipinski definition) is 2. The summed E-state index contributed by atoms with van der Waals surface area (Å²) < 4.78 is 31.7. The highest BCUT2D eigenvalue weighted by atomic mass is 35.5. The summed E-state index contributed by atoms with van der Waals surface area (Å²) in [4.78, 5) is 38.0. The minimum Gasteiger partial charge on any atom is -0.475 e. The van der Waals surface area contributed by atoms with Gasteiger partial charge in [-0.25, -0.2) is 14.8 Å². The van der Waals surface area contributed by atoms with Gasteiger partial charge in [0.2, 0.25) is 0 Å². The van der Waals surface area contributed by atoms with Crippen LogP contribution in [0, 0.1) is 6.92 Å². The molecule has 208 valence electrons. The maximum Gasteiger partial charge on any atom is 0.490 e. The second kappa shape index (κ2) is 11.9. The number of aromatic nitrogens is 3. The standard InChI is InChI=1S/C26H24ClN5O.C2HF3O2/c1-16(28-26(33)18-9-11-19(27)12-10-18)21-13-14-24-23(31-21)8-5-15-32(24)25-20-6-3-4-7-22(20)29-17(2)30-25;3-2(4,5)1(6)7/h3-4,6-7,9-14,16H,5,8,15H2,1-2H3,(H,28,33);(H,6,7). The van der Waals surface area contributed by atoms with Crippen LogP contribution in [0.1, 0.15) is 47.0 Å². The number of alkyl halides is 3. The molecule has 0 fully saturated rings. The van der Waals surface area contributed by atoms with E-state index in [0.29, 0.717) is 10.6 Å². The molecule has 1 atom stereocenters. The van der Waals surface area contributed by atoms with Crippen molar-refractivity contribution >= 4 is 45.9 Å². The highest BCUT2D eigenvalue weighted by Gasteiger charge is 2.38. The Morgan fingerprint density at radius 2 is 1.70 bits per heavy atom. The van der Waals surface area contributed by atoms with Crippen molar-refractivity contribution in [2.75, 3.05) is 11.4 Å². The Hall–Kier alpha value is -4.25. The van der Waals surface area contributed by atoms with Crippen molar-refractivity contribution in [1.82, 2.24) is 20.3 Å². The van der Waals surface area contributed by atoms with Gasteiger partial charge >= 0.3 is 12.1 Å². The van der Waals surface area contributed by atoms with E-state index >= 15 is 0 Å². The number of aryl methyl sites for hydroxylation is 2. The van der Waals surface area contributed by atoms with Crippen molar-refractivity contribution in [3.8, 4) is 0 Å². The zero-order valence-electron chi connectivity index (χ0n) is 21.5. The van der Waals surface area contributed by atoms with E-state index in [2.05, 4.69) is 27.3 Å². The first-order valence-corrected chi connectivity index (χ1v) is 12.7. The minimum absolute atomic E-state index is 0.150. The molecule has 2 aromatic heterocycles. The van der Waals surface area contributed by atoms with E-state index in [9.17, 15) is 18.0 Å². The molecule has 0 radical (unpaired) electrons. The van der Waals surface area contributed by atoms with Crippen LogP contribution in [0.25, 0.3) is 10.9 Å². The van der Waals surface area contributed by atoms with Crippen LogP contribution in [-0.4, -0.2) is 44.7 Å². The molecule has 5 rings (SSSR count). The molecule has 0 saturated carbocycles. The minimum atomic E-state index is -5.08. The lowest BCUT2D eigenvalue weighted by molar-refractivity contribution is -0.192. The predicted molar refractivity (Wildman–Crippen MR) is 145 cm³/mol. The highest BCUT2D eigenvalue weighted by Crippen LogP contribution is 2.35. The van der Waals surface area contributed by atoms with Gasteiger partial charge in [0.05, 0.1) is 28.6 Å². The van der Waals surface area contributed by atoms with Gasteiger partial charge in [-0.1, -0.05) is 23.7 Å². The third kappa shape index (κ3) is 6.66. The van der Waals surface area contributed by atoms with Gasteiger partial charge in [0.1, 0.15) is 11.6 Å². The molecule has 0 aliphatic carbocycles. The second-order valence-corrected chi connectivity index (χ2v) is 9.51. The number of carbonyl (C=O) groups excluding carboxylic acids is 1. The summed E-state index contributed by atoms with van der Waals surface area (Å²) in [6.07, 6.45) is -3.22. The van der Waals surface area contributed by atoms with Gasteiger partial charge in [0.15, 0.2) is 0 Å². The Morgan fingerprint density at radius 1 is 1.02 bits per heavy atom. The quantitative estimate of drug-likeness (QED) is 0.300. The van der Waals surface area contributed by atoms with Gasteiger partial charge in [0.25, 0.3) is 5.91 Å². The lowest BCUT2D eigenvalue weighted by Gasteiger charge is -2.31. The van der Waals surface area contributed by atoms with Crippen LogP contribution in [0.2, 0.25) is 5.02 Å². The second-order valence-electron chi connectivity index (χ2n) is 9.07. The van der Waals surface area contributed by atoms with Crippen molar-refractivity contribution in [1.29, 1.82) is 0 Å². The fraction of sp³-hybridized carbons (Fsp3) is 0.250. The Labute approximate surface area is 232 Å². The summed E-state index contributed by atoms with van der Waals surface area (Å²) in [5.74, 6) is -1.24. The topological polar surface area (TPSA) is 108 Å². The van der Waals surface area contributed by atoms with Crippen molar-refractivity contribution in [2.45, 2.75) is 38.9 Å². The average molecular weight is 572 g/mol. The third-order valence-corrected chi connectivity index (χ3v) is 6.40. The van der Waals surface area contributed by atoms with Crippen molar-refractivity contribution in [2.24, 2.45) is 0 Å². The van der Waals surface area contributed by atoms with E-state index in [4.69, 9.17) is 31.5 Å². The summed E-state index contributed by atoms with van der Waals surface area (Å²) in [7, 11) is 0. The Kier molecular flexibility index (Phi) is 8.53. The lowest BCUT2D eigenvalue weighted by Crippen LogP contribution is -2.29. The summed E-state index contributed by atoms with van der Waals surface area (Å²) in [6, 6.07) is 18.8. The Morgan fingerprint density at radius 3 is 2.38 bits per heavy atom. The first-order valence-electron chi connectivity index (χ1n) is 12.3. The predicted octanol–water partition coefficient (Wildman–Crippen LogP) is 6.20. The number of benzene rings is 2. The number of carboxylic acid groups (broad SMARTS) is 1. The Balaban J connectivity index is 0.000000470. The number of carbonyl (C=O) groups is 2. The number of para-hydroxylation sites is 1. The van der Waals surface area contributed by atoms with Crippen LogP contribution < -0.4 is 10.2 Å². The van der Waals surface area contributed by atoms with Crippen molar-refractivity contribution in [3.05, 3.63) is 88.5 Å². The molecule has 2 aromatic carbocycles. The van der Waals surface area contributed by atoms with E-state index in [1.165, 1.54) is 0 Å². The van der Waals surface area contributed by atoms with Crippen LogP contribution in [0.5, 0.6) is 0 Å². The molecular weight excluding hydrogens is 547 g/mol. The van der Waals surface area contributed by atoms with Gasteiger partial charge in [-0.3, -0.25) is 9.78 Å². The average Bonchev–Trinajstić information content (AvgIpc) is 2.92. The lowest BCUT2D eigenvalue weighted by atomic mass is 10.0. The van der Waals surface area contributed by atoms with E-state index < -0.39 is 12.1 Å². The Bertz CT molecular complexity index is 1550. The van der Waals surface area contributed by atoms with Crippen molar-refractivity contribution in [3.63, 3.8) is 0 Å². The van der Waals surface area contributed by atoms with Crippen LogP contribution >= 0.6 is 11.6 Å². The molecule has 3 heterocycles. The molecule has 12 heteroatoms. The SMILES string of the molecule is Cc1nc(N2CCCc3nc(C(C)NC(=O)c4ccc(Cl)cc4)ccc32)c2ccccc2n1.O=C(O)C(F)(F)F. The molecule has 8 nitrogen and oxygen atoms in total. The molecule has 40 heavy (non-hydrogen) atoms. The molecule has 1 amide bonds. The van der Waals surface area contributed by atoms with Crippen LogP contribution in [0.3, 0.4) is 0 Å². The number of rotatable bonds is 4. The van der Waals surface area contributed by atoms with Gasteiger partial charge in [-0.05, 0) is 75.2 Å². The third-order valence-electron chi connectivity index (χ3n) is 6.15. The number of amides is 1. The van der Waals surface area contributed by atoms with Crippen LogP contribution in [0.4, 0.5) is 24.7 Å². The zero-order chi connectivity index (χ0) is 29.0. The molecule has 2 N–H and O–H groups in total. The van der Waals surface area contributed by atoms with Gasteiger partial charge in [0, 0.05) is 22.5 Å². The van der Waals surface area contributed by atoms with Gasteiger partial charge < -0.3 is 15.3 Å². The number of halogens is 4. The van der Waals surface area contributed by atoms with E-state index in [1.54, 1.807) is 24.3 Å². The monoisotopic (exact) mass is 571 g/mol. The normalized spacial score (nSPS) is 13.6. The van der Waals surface area contributed by atoms with Crippen LogP contribution in [-0.2, 0) is 11.2 Å². The summed E-state index contributed by atoms with van der Waals surface area (Å²) in [5.41, 5.74) is 4.43. The molecule has 0 spiro atoms. The molecular formula is C28H25ClF3N5O3. The maximum absolute atomic E-state index is 12.6. The number of nitrogens with one attached hydrogen (secondary N) is 1. The molecule has 1 unspecified atom stereocenters. The van der Waals surface area contributed by atoms with E-state index in [-0.39, 0.29) is 11.9 Å². The maximum atomic E-state index is 12.6. The summed E-state index contributed by atoms with van der Waals surface area (Å²) in [6.45, 7) is 4.74. The number of carboxylic acids is 1. The smallest absolute Gasteiger partial charge is 0.475 e. The first-order chi connectivity index (χ1) is 18.9. The first kappa shape index (κ1) is 28.8. The number of hydrogen-bond acceptors (Lipinski definition) is 6. The number of aliphatic carboxylic acids is 1. The fourth-order valence-electron chi connectivity index (χ4n) is 4.26. The van der Waals surface area contributed by atoms with Crippen LogP contribution in [0.15, 0.2) is 60.7 Å². The molecule has 1 aliphatic heterocycles. The highest BCUT2D eigenvalue weighted by molar-refractivity contribution is 6.30.